The van der Waals surface area contributed by atoms with Gasteiger partial charge in [-0.05, 0) is 62.4 Å². The van der Waals surface area contributed by atoms with Gasteiger partial charge < -0.3 is 10.1 Å². The molecule has 1 amide bonds. The average molecular weight is 480 g/mol. The van der Waals surface area contributed by atoms with Crippen LogP contribution in [0.25, 0.3) is 17.1 Å². The van der Waals surface area contributed by atoms with Crippen molar-refractivity contribution in [2.75, 3.05) is 12.4 Å². The lowest BCUT2D eigenvalue weighted by molar-refractivity contribution is -0.115. The molecule has 1 atom stereocenters. The molecular formula is C24H22ClN5O2S. The van der Waals surface area contributed by atoms with Gasteiger partial charge in [0.1, 0.15) is 5.75 Å². The van der Waals surface area contributed by atoms with Crippen LogP contribution in [0.15, 0.2) is 72.0 Å². The Bertz CT molecular complexity index is 1260. The molecule has 33 heavy (non-hydrogen) atoms. The van der Waals surface area contributed by atoms with Crippen LogP contribution in [0.4, 0.5) is 5.69 Å². The van der Waals surface area contributed by atoms with E-state index >= 15 is 0 Å². The molecule has 0 aliphatic heterocycles. The maximum Gasteiger partial charge on any atom is 0.237 e. The molecule has 168 valence electrons. The first kappa shape index (κ1) is 22.8. The van der Waals surface area contributed by atoms with Crippen LogP contribution in [0.2, 0.25) is 5.15 Å². The molecule has 1 N–H and O–H groups in total. The van der Waals surface area contributed by atoms with Crippen molar-refractivity contribution in [3.63, 3.8) is 0 Å². The van der Waals surface area contributed by atoms with Crippen molar-refractivity contribution >= 4 is 35.0 Å². The van der Waals surface area contributed by atoms with Crippen molar-refractivity contribution in [2.24, 2.45) is 0 Å². The Hall–Kier alpha value is -3.36. The van der Waals surface area contributed by atoms with Crippen molar-refractivity contribution < 1.29 is 9.53 Å². The predicted molar refractivity (Wildman–Crippen MR) is 131 cm³/mol. The fraction of sp³-hybridized carbons (Fsp3) is 0.167. The SMILES string of the molecule is COc1ccc(-c2nnc(SC(C)C(=O)Nc3cccnc3Cl)n2-c2ccc(C)cc2)cc1. The topological polar surface area (TPSA) is 81.9 Å². The number of carbonyl (C=O) groups excluding carboxylic acids is 1. The third-order valence-electron chi connectivity index (χ3n) is 4.94. The molecule has 0 aliphatic rings. The highest BCUT2D eigenvalue weighted by atomic mass is 35.5. The van der Waals surface area contributed by atoms with Crippen LogP contribution in [0, 0.1) is 6.92 Å². The van der Waals surface area contributed by atoms with Crippen LogP contribution in [-0.4, -0.2) is 38.0 Å². The van der Waals surface area contributed by atoms with Gasteiger partial charge in [-0.3, -0.25) is 9.36 Å². The van der Waals surface area contributed by atoms with Gasteiger partial charge in [0.05, 0.1) is 18.0 Å². The Morgan fingerprint density at radius 3 is 2.48 bits per heavy atom. The van der Waals surface area contributed by atoms with Crippen LogP contribution < -0.4 is 10.1 Å². The van der Waals surface area contributed by atoms with Gasteiger partial charge >= 0.3 is 0 Å². The Kier molecular flexibility index (Phi) is 6.96. The number of nitrogens with zero attached hydrogens (tertiary/aromatic N) is 4. The minimum Gasteiger partial charge on any atom is -0.497 e. The largest absolute Gasteiger partial charge is 0.497 e. The van der Waals surface area contributed by atoms with E-state index in [4.69, 9.17) is 16.3 Å². The summed E-state index contributed by atoms with van der Waals surface area (Å²) in [7, 11) is 1.63. The average Bonchev–Trinajstić information content (AvgIpc) is 3.24. The van der Waals surface area contributed by atoms with Gasteiger partial charge in [0.15, 0.2) is 16.1 Å². The minimum atomic E-state index is -0.460. The van der Waals surface area contributed by atoms with Crippen LogP contribution in [-0.2, 0) is 4.79 Å². The lowest BCUT2D eigenvalue weighted by atomic mass is 10.2. The van der Waals surface area contributed by atoms with E-state index in [-0.39, 0.29) is 11.1 Å². The molecular weight excluding hydrogens is 458 g/mol. The summed E-state index contributed by atoms with van der Waals surface area (Å²) in [6.45, 7) is 3.84. The Labute approximate surface area is 201 Å². The Balaban J connectivity index is 1.66. The number of rotatable bonds is 7. The maximum absolute atomic E-state index is 12.8. The highest BCUT2D eigenvalue weighted by Crippen LogP contribution is 2.31. The molecule has 0 radical (unpaired) electrons. The summed E-state index contributed by atoms with van der Waals surface area (Å²) in [5.74, 6) is 1.22. The van der Waals surface area contributed by atoms with E-state index in [1.807, 2.05) is 66.9 Å². The van der Waals surface area contributed by atoms with E-state index in [1.54, 1.807) is 25.4 Å². The van der Waals surface area contributed by atoms with E-state index in [0.29, 0.717) is 16.7 Å². The molecule has 0 spiro atoms. The number of pyridine rings is 1. The predicted octanol–water partition coefficient (Wildman–Crippen LogP) is 5.42. The quantitative estimate of drug-likeness (QED) is 0.281. The second kappa shape index (κ2) is 10.1. The van der Waals surface area contributed by atoms with Crippen LogP contribution in [0.1, 0.15) is 12.5 Å². The Morgan fingerprint density at radius 2 is 1.82 bits per heavy atom. The first-order chi connectivity index (χ1) is 16.0. The van der Waals surface area contributed by atoms with Crippen molar-refractivity contribution in [3.8, 4) is 22.8 Å². The van der Waals surface area contributed by atoms with Crippen LogP contribution in [0.5, 0.6) is 5.75 Å². The van der Waals surface area contributed by atoms with Gasteiger partial charge in [0.2, 0.25) is 5.91 Å². The molecule has 0 saturated carbocycles. The molecule has 2 aromatic carbocycles. The number of halogens is 1. The number of anilines is 1. The monoisotopic (exact) mass is 479 g/mol. The lowest BCUT2D eigenvalue weighted by Crippen LogP contribution is -2.23. The van der Waals surface area contributed by atoms with Crippen molar-refractivity contribution in [3.05, 3.63) is 77.6 Å². The number of hydrogen-bond acceptors (Lipinski definition) is 6. The van der Waals surface area contributed by atoms with E-state index in [1.165, 1.54) is 11.8 Å². The van der Waals surface area contributed by atoms with Gasteiger partial charge in [-0.25, -0.2) is 4.98 Å². The molecule has 4 aromatic rings. The van der Waals surface area contributed by atoms with Crippen LogP contribution in [0.3, 0.4) is 0 Å². The van der Waals surface area contributed by atoms with Crippen molar-refractivity contribution in [2.45, 2.75) is 24.3 Å². The van der Waals surface area contributed by atoms with Crippen molar-refractivity contribution in [1.29, 1.82) is 0 Å². The molecule has 0 saturated heterocycles. The summed E-state index contributed by atoms with van der Waals surface area (Å²) in [6.07, 6.45) is 1.57. The zero-order valence-electron chi connectivity index (χ0n) is 18.3. The second-order valence-electron chi connectivity index (χ2n) is 7.30. The molecule has 7 nitrogen and oxygen atoms in total. The summed E-state index contributed by atoms with van der Waals surface area (Å²) < 4.78 is 7.22. The van der Waals surface area contributed by atoms with E-state index < -0.39 is 5.25 Å². The first-order valence-electron chi connectivity index (χ1n) is 10.2. The molecule has 9 heteroatoms. The van der Waals surface area contributed by atoms with Crippen LogP contribution >= 0.6 is 23.4 Å². The Morgan fingerprint density at radius 1 is 1.09 bits per heavy atom. The number of aryl methyl sites for hydroxylation is 1. The van der Waals surface area contributed by atoms with E-state index in [2.05, 4.69) is 20.5 Å². The van der Waals surface area contributed by atoms with Gasteiger partial charge in [0, 0.05) is 17.4 Å². The number of thioether (sulfide) groups is 1. The number of carbonyl (C=O) groups is 1. The maximum atomic E-state index is 12.8. The fourth-order valence-corrected chi connectivity index (χ4v) is 4.16. The number of amides is 1. The summed E-state index contributed by atoms with van der Waals surface area (Å²) >= 11 is 7.39. The number of hydrogen-bond donors (Lipinski definition) is 1. The minimum absolute atomic E-state index is 0.209. The summed E-state index contributed by atoms with van der Waals surface area (Å²) in [6, 6.07) is 19.1. The molecule has 0 aliphatic carbocycles. The highest BCUT2D eigenvalue weighted by Gasteiger charge is 2.22. The van der Waals surface area contributed by atoms with Crippen molar-refractivity contribution in [1.82, 2.24) is 19.7 Å². The molecule has 2 aromatic heterocycles. The zero-order valence-corrected chi connectivity index (χ0v) is 19.9. The number of ether oxygens (including phenoxy) is 1. The molecule has 1 unspecified atom stereocenters. The fourth-order valence-electron chi connectivity index (χ4n) is 3.13. The third kappa shape index (κ3) is 5.18. The molecule has 0 fully saturated rings. The molecule has 2 heterocycles. The smallest absolute Gasteiger partial charge is 0.237 e. The summed E-state index contributed by atoms with van der Waals surface area (Å²) in [4.78, 5) is 16.8. The number of aromatic nitrogens is 4. The zero-order chi connectivity index (χ0) is 23.4. The van der Waals surface area contributed by atoms with E-state index in [0.717, 1.165) is 22.6 Å². The van der Waals surface area contributed by atoms with Gasteiger partial charge in [-0.15, -0.1) is 10.2 Å². The standard InChI is InChI=1S/C24H22ClN5O2S/c1-15-6-10-18(11-7-15)30-22(17-8-12-19(32-3)13-9-17)28-29-24(30)33-16(2)23(31)27-20-5-4-14-26-21(20)25/h4-14,16H,1-3H3,(H,27,31). The molecule has 0 bridgehead atoms. The lowest BCUT2D eigenvalue weighted by Gasteiger charge is -2.14. The van der Waals surface area contributed by atoms with E-state index in [9.17, 15) is 4.79 Å². The van der Waals surface area contributed by atoms with Gasteiger partial charge in [-0.2, -0.15) is 0 Å². The first-order valence-corrected chi connectivity index (χ1v) is 11.5. The molecule has 4 rings (SSSR count). The number of methoxy groups -OCH3 is 1. The van der Waals surface area contributed by atoms with Gasteiger partial charge in [0.25, 0.3) is 0 Å². The highest BCUT2D eigenvalue weighted by molar-refractivity contribution is 8.00. The van der Waals surface area contributed by atoms with Gasteiger partial charge in [-0.1, -0.05) is 41.1 Å². The number of benzene rings is 2. The summed E-state index contributed by atoms with van der Waals surface area (Å²) in [5.41, 5.74) is 3.40. The normalized spacial score (nSPS) is 11.8. The summed E-state index contributed by atoms with van der Waals surface area (Å²) in [5, 5.41) is 12.1. The second-order valence-corrected chi connectivity index (χ2v) is 8.96. The third-order valence-corrected chi connectivity index (χ3v) is 6.29. The number of nitrogens with one attached hydrogen (secondary N) is 1.